The van der Waals surface area contributed by atoms with Gasteiger partial charge in [-0.15, -0.1) is 0 Å². The number of benzene rings is 1. The maximum atomic E-state index is 12.0. The summed E-state index contributed by atoms with van der Waals surface area (Å²) in [7, 11) is 0. The molecule has 2 aromatic rings. The number of nitrogens with one attached hydrogen (secondary N) is 2. The number of nitrogens with zero attached hydrogens (tertiary/aromatic N) is 2. The minimum Gasteiger partial charge on any atom is -0.493 e. The Morgan fingerprint density at radius 2 is 2.10 bits per heavy atom. The van der Waals surface area contributed by atoms with Crippen LogP contribution in [0.25, 0.3) is 0 Å². The first kappa shape index (κ1) is 15.0. The van der Waals surface area contributed by atoms with Gasteiger partial charge in [0.25, 0.3) is 5.91 Å². The number of hydrogen-bond acceptors (Lipinski definition) is 4. The van der Waals surface area contributed by atoms with Gasteiger partial charge in [-0.1, -0.05) is 13.8 Å². The van der Waals surface area contributed by atoms with Crippen LogP contribution in [0.4, 0.5) is 0 Å². The molecule has 1 amide bonds. The number of aromatic nitrogens is 3. The standard InChI is InChI=1S/C15H20N4O2/c1-11(2)9-21-13-5-3-12(4-6-13)15(20)16-8-7-14-17-10-18-19-14/h3-6,10-11H,7-9H2,1-2H3,(H,16,20)(H,17,18,19). The van der Waals surface area contributed by atoms with Gasteiger partial charge in [-0.05, 0) is 30.2 Å². The lowest BCUT2D eigenvalue weighted by Gasteiger charge is -2.09. The van der Waals surface area contributed by atoms with Crippen LogP contribution in [0.2, 0.25) is 0 Å². The van der Waals surface area contributed by atoms with Gasteiger partial charge in [-0.25, -0.2) is 4.98 Å². The predicted octanol–water partition coefficient (Wildman–Crippen LogP) is 1.81. The van der Waals surface area contributed by atoms with Crippen LogP contribution in [0.5, 0.6) is 5.75 Å². The second-order valence-corrected chi connectivity index (χ2v) is 5.17. The van der Waals surface area contributed by atoms with E-state index in [0.717, 1.165) is 11.6 Å². The molecule has 2 N–H and O–H groups in total. The molecule has 0 fully saturated rings. The van der Waals surface area contributed by atoms with Gasteiger partial charge in [0.2, 0.25) is 0 Å². The summed E-state index contributed by atoms with van der Waals surface area (Å²) in [4.78, 5) is 15.9. The fourth-order valence-corrected chi connectivity index (χ4v) is 1.71. The van der Waals surface area contributed by atoms with Crippen LogP contribution in [0, 0.1) is 5.92 Å². The summed E-state index contributed by atoms with van der Waals surface area (Å²) in [6.45, 7) is 5.37. The van der Waals surface area contributed by atoms with E-state index in [0.29, 0.717) is 31.1 Å². The Morgan fingerprint density at radius 3 is 2.71 bits per heavy atom. The minimum absolute atomic E-state index is 0.107. The molecule has 0 aliphatic heterocycles. The van der Waals surface area contributed by atoms with Crippen LogP contribution in [0.1, 0.15) is 30.0 Å². The Bertz CT molecular complexity index is 550. The molecule has 6 heteroatoms. The van der Waals surface area contributed by atoms with Crippen molar-refractivity contribution in [3.8, 4) is 5.75 Å². The lowest BCUT2D eigenvalue weighted by Crippen LogP contribution is -2.25. The largest absolute Gasteiger partial charge is 0.493 e. The lowest BCUT2D eigenvalue weighted by atomic mass is 10.2. The van der Waals surface area contributed by atoms with E-state index in [-0.39, 0.29) is 5.91 Å². The zero-order chi connectivity index (χ0) is 15.1. The number of amides is 1. The molecule has 1 aromatic heterocycles. The van der Waals surface area contributed by atoms with Crippen LogP contribution in [-0.2, 0) is 6.42 Å². The molecule has 0 atom stereocenters. The molecule has 0 aliphatic rings. The molecule has 0 bridgehead atoms. The van der Waals surface area contributed by atoms with Gasteiger partial charge in [0, 0.05) is 18.5 Å². The Morgan fingerprint density at radius 1 is 1.33 bits per heavy atom. The van der Waals surface area contributed by atoms with Gasteiger partial charge < -0.3 is 10.1 Å². The van der Waals surface area contributed by atoms with E-state index in [4.69, 9.17) is 4.74 Å². The van der Waals surface area contributed by atoms with Gasteiger partial charge >= 0.3 is 0 Å². The van der Waals surface area contributed by atoms with Gasteiger partial charge in [-0.2, -0.15) is 5.10 Å². The highest BCUT2D eigenvalue weighted by molar-refractivity contribution is 5.94. The van der Waals surface area contributed by atoms with Crippen LogP contribution >= 0.6 is 0 Å². The highest BCUT2D eigenvalue weighted by atomic mass is 16.5. The molecule has 2 rings (SSSR count). The molecule has 0 aliphatic carbocycles. The van der Waals surface area contributed by atoms with Gasteiger partial charge in [0.05, 0.1) is 6.61 Å². The van der Waals surface area contributed by atoms with Crippen LogP contribution in [0.15, 0.2) is 30.6 Å². The van der Waals surface area contributed by atoms with E-state index in [2.05, 4.69) is 34.3 Å². The lowest BCUT2D eigenvalue weighted by molar-refractivity contribution is 0.0954. The molecule has 21 heavy (non-hydrogen) atoms. The van der Waals surface area contributed by atoms with Crippen molar-refractivity contribution >= 4 is 5.91 Å². The van der Waals surface area contributed by atoms with Crippen LogP contribution in [0.3, 0.4) is 0 Å². The fraction of sp³-hybridized carbons (Fsp3) is 0.400. The second kappa shape index (κ2) is 7.42. The molecule has 112 valence electrons. The summed E-state index contributed by atoms with van der Waals surface area (Å²) in [5, 5.41) is 9.35. The highest BCUT2D eigenvalue weighted by Crippen LogP contribution is 2.13. The Kier molecular flexibility index (Phi) is 5.31. The summed E-state index contributed by atoms with van der Waals surface area (Å²) < 4.78 is 5.58. The molecular weight excluding hydrogens is 268 g/mol. The maximum absolute atomic E-state index is 12.0. The number of ether oxygens (including phenoxy) is 1. The first-order valence-electron chi connectivity index (χ1n) is 7.00. The normalized spacial score (nSPS) is 10.6. The van der Waals surface area contributed by atoms with E-state index in [1.54, 1.807) is 12.1 Å². The third-order valence-corrected chi connectivity index (χ3v) is 2.81. The molecule has 0 saturated carbocycles. The molecule has 1 aromatic carbocycles. The van der Waals surface area contributed by atoms with E-state index in [1.807, 2.05) is 12.1 Å². The van der Waals surface area contributed by atoms with Crippen molar-refractivity contribution in [2.24, 2.45) is 5.92 Å². The monoisotopic (exact) mass is 288 g/mol. The second-order valence-electron chi connectivity index (χ2n) is 5.17. The van der Waals surface area contributed by atoms with Gasteiger partial charge in [-0.3, -0.25) is 9.89 Å². The van der Waals surface area contributed by atoms with Gasteiger partial charge in [0.1, 0.15) is 17.9 Å². The smallest absolute Gasteiger partial charge is 0.251 e. The Balaban J connectivity index is 1.79. The molecule has 0 radical (unpaired) electrons. The number of rotatable bonds is 7. The Hall–Kier alpha value is -2.37. The van der Waals surface area contributed by atoms with Gasteiger partial charge in [0.15, 0.2) is 0 Å². The number of carbonyl (C=O) groups excluding carboxylic acids is 1. The van der Waals surface area contributed by atoms with E-state index in [1.165, 1.54) is 6.33 Å². The van der Waals surface area contributed by atoms with Crippen molar-refractivity contribution in [1.82, 2.24) is 20.5 Å². The average molecular weight is 288 g/mol. The molecular formula is C15H20N4O2. The SMILES string of the molecule is CC(C)COc1ccc(C(=O)NCCc2ncn[nH]2)cc1. The van der Waals surface area contributed by atoms with Crippen molar-refractivity contribution in [3.05, 3.63) is 42.0 Å². The van der Waals surface area contributed by atoms with E-state index >= 15 is 0 Å². The van der Waals surface area contributed by atoms with Crippen LogP contribution in [-0.4, -0.2) is 34.2 Å². The molecule has 0 spiro atoms. The number of carbonyl (C=O) groups is 1. The summed E-state index contributed by atoms with van der Waals surface area (Å²) in [5.74, 6) is 1.91. The topological polar surface area (TPSA) is 79.9 Å². The number of hydrogen-bond donors (Lipinski definition) is 2. The minimum atomic E-state index is -0.107. The zero-order valence-corrected chi connectivity index (χ0v) is 12.3. The third kappa shape index (κ3) is 4.91. The predicted molar refractivity (Wildman–Crippen MR) is 79.2 cm³/mol. The third-order valence-electron chi connectivity index (χ3n) is 2.81. The molecule has 6 nitrogen and oxygen atoms in total. The first-order chi connectivity index (χ1) is 10.1. The number of aromatic amines is 1. The first-order valence-corrected chi connectivity index (χ1v) is 7.00. The molecule has 0 unspecified atom stereocenters. The summed E-state index contributed by atoms with van der Waals surface area (Å²) >= 11 is 0. The quantitative estimate of drug-likeness (QED) is 0.814. The van der Waals surface area contributed by atoms with Crippen molar-refractivity contribution in [2.45, 2.75) is 20.3 Å². The highest BCUT2D eigenvalue weighted by Gasteiger charge is 2.06. The van der Waals surface area contributed by atoms with Crippen molar-refractivity contribution < 1.29 is 9.53 Å². The van der Waals surface area contributed by atoms with Crippen molar-refractivity contribution in [1.29, 1.82) is 0 Å². The average Bonchev–Trinajstić information content (AvgIpc) is 2.99. The van der Waals surface area contributed by atoms with Crippen molar-refractivity contribution in [2.75, 3.05) is 13.2 Å². The van der Waals surface area contributed by atoms with E-state index in [9.17, 15) is 4.79 Å². The maximum Gasteiger partial charge on any atom is 0.251 e. The Labute approximate surface area is 123 Å². The van der Waals surface area contributed by atoms with Crippen molar-refractivity contribution in [3.63, 3.8) is 0 Å². The summed E-state index contributed by atoms with van der Waals surface area (Å²) in [5.41, 5.74) is 0.615. The van der Waals surface area contributed by atoms with Crippen LogP contribution < -0.4 is 10.1 Å². The molecule has 1 heterocycles. The van der Waals surface area contributed by atoms with E-state index < -0.39 is 0 Å². The summed E-state index contributed by atoms with van der Waals surface area (Å²) in [6, 6.07) is 7.15. The zero-order valence-electron chi connectivity index (χ0n) is 12.3. The molecule has 0 saturated heterocycles. The fourth-order valence-electron chi connectivity index (χ4n) is 1.71. The summed E-state index contributed by atoms with van der Waals surface area (Å²) in [6.07, 6.45) is 2.08. The number of H-pyrrole nitrogens is 1.